The Balaban J connectivity index is 1.56. The molecule has 1 aliphatic heterocycles. The first-order chi connectivity index (χ1) is 16.3. The van der Waals surface area contributed by atoms with E-state index in [1.807, 2.05) is 11.9 Å². The molecule has 0 spiro atoms. The lowest BCUT2D eigenvalue weighted by molar-refractivity contribution is 0.149. The zero-order chi connectivity index (χ0) is 24.0. The SMILES string of the molecule is COc1nc(N[C@@H]2CCN(C)C[C@@H]2F)nn2cc(F)c(-c3ccc4nnn(C[C@H](C)F)c4c3)c12. The molecule has 4 aromatic rings. The molecule has 1 fully saturated rings. The number of benzene rings is 1. The monoisotopic (exact) mass is 474 g/mol. The lowest BCUT2D eigenvalue weighted by atomic mass is 10.0. The molecular weight excluding hydrogens is 449 g/mol. The van der Waals surface area contributed by atoms with Crippen molar-refractivity contribution in [2.45, 2.75) is 38.3 Å². The Labute approximate surface area is 193 Å². The highest BCUT2D eigenvalue weighted by molar-refractivity contribution is 5.89. The molecule has 1 aromatic carbocycles. The number of hydrogen-bond acceptors (Lipinski definition) is 7. The minimum atomic E-state index is -1.12. The third kappa shape index (κ3) is 4.02. The number of rotatable bonds is 6. The summed E-state index contributed by atoms with van der Waals surface area (Å²) in [6.07, 6.45) is -0.386. The molecule has 1 N–H and O–H groups in total. The second-order valence-corrected chi connectivity index (χ2v) is 8.66. The maximum Gasteiger partial charge on any atom is 0.244 e. The van der Waals surface area contributed by atoms with Crippen LogP contribution in [-0.2, 0) is 6.54 Å². The minimum Gasteiger partial charge on any atom is -0.479 e. The van der Waals surface area contributed by atoms with Gasteiger partial charge in [0, 0.05) is 13.1 Å². The smallest absolute Gasteiger partial charge is 0.244 e. The summed E-state index contributed by atoms with van der Waals surface area (Å²) in [4.78, 5) is 6.31. The normalized spacial score (nSPS) is 20.2. The Morgan fingerprint density at radius 2 is 2.15 bits per heavy atom. The number of aromatic nitrogens is 6. The number of alkyl halides is 2. The number of nitrogens with zero attached hydrogens (tertiary/aromatic N) is 7. The van der Waals surface area contributed by atoms with Gasteiger partial charge in [-0.25, -0.2) is 22.4 Å². The second-order valence-electron chi connectivity index (χ2n) is 8.66. The summed E-state index contributed by atoms with van der Waals surface area (Å²) >= 11 is 0. The number of halogens is 3. The Hall–Kier alpha value is -3.41. The van der Waals surface area contributed by atoms with Gasteiger partial charge in [-0.05, 0) is 38.1 Å². The van der Waals surface area contributed by atoms with Gasteiger partial charge in [0.2, 0.25) is 11.8 Å². The largest absolute Gasteiger partial charge is 0.479 e. The maximum atomic E-state index is 15.2. The molecule has 0 amide bonds. The Bertz CT molecular complexity index is 1340. The Morgan fingerprint density at radius 3 is 2.88 bits per heavy atom. The first kappa shape index (κ1) is 22.4. The standard InChI is InChI=1S/C22H25F3N8O/c1-12(23)9-32-18-8-13(4-5-17(18)28-30-32)19-15(25)11-33-20(19)21(34-3)27-22(29-33)26-16-6-7-31(2)10-14(16)24/h4-5,8,11-12,14,16H,6-7,9-10H2,1-3H3,(H,26,29)/t12-,14-,16+/m0/s1. The van der Waals surface area contributed by atoms with Crippen molar-refractivity contribution in [1.29, 1.82) is 0 Å². The number of ether oxygens (including phenoxy) is 1. The van der Waals surface area contributed by atoms with Crippen LogP contribution < -0.4 is 10.1 Å². The highest BCUT2D eigenvalue weighted by atomic mass is 19.1. The fraction of sp³-hybridized carbons (Fsp3) is 0.455. The van der Waals surface area contributed by atoms with Gasteiger partial charge in [0.15, 0.2) is 5.82 Å². The average molecular weight is 474 g/mol. The maximum absolute atomic E-state index is 15.2. The van der Waals surface area contributed by atoms with Crippen molar-refractivity contribution in [3.05, 3.63) is 30.2 Å². The van der Waals surface area contributed by atoms with Crippen molar-refractivity contribution < 1.29 is 17.9 Å². The van der Waals surface area contributed by atoms with Crippen LogP contribution in [0.2, 0.25) is 0 Å². The van der Waals surface area contributed by atoms with Crippen LogP contribution in [0.25, 0.3) is 27.7 Å². The number of fused-ring (bicyclic) bond motifs is 2. The van der Waals surface area contributed by atoms with Gasteiger partial charge in [-0.3, -0.25) is 0 Å². The molecule has 9 nitrogen and oxygen atoms in total. The van der Waals surface area contributed by atoms with Crippen molar-refractivity contribution >= 4 is 22.5 Å². The molecule has 0 saturated carbocycles. The number of piperidine rings is 1. The molecular formula is C22H25F3N8O. The zero-order valence-corrected chi connectivity index (χ0v) is 19.0. The first-order valence-electron chi connectivity index (χ1n) is 11.0. The van der Waals surface area contributed by atoms with E-state index in [2.05, 4.69) is 25.7 Å². The van der Waals surface area contributed by atoms with Gasteiger partial charge in [0.05, 0.1) is 37.0 Å². The summed E-state index contributed by atoms with van der Waals surface area (Å²) in [6, 6.07) is 4.65. The second kappa shape index (κ2) is 8.75. The summed E-state index contributed by atoms with van der Waals surface area (Å²) in [5.74, 6) is -0.244. The summed E-state index contributed by atoms with van der Waals surface area (Å²) in [5.41, 5.74) is 2.22. The fourth-order valence-electron chi connectivity index (χ4n) is 4.38. The minimum absolute atomic E-state index is 0.0347. The Kier molecular flexibility index (Phi) is 5.76. The van der Waals surface area contributed by atoms with Crippen LogP contribution in [-0.4, -0.2) is 80.1 Å². The van der Waals surface area contributed by atoms with Crippen LogP contribution >= 0.6 is 0 Å². The highest BCUT2D eigenvalue weighted by Crippen LogP contribution is 2.35. The lowest BCUT2D eigenvalue weighted by Gasteiger charge is -2.32. The van der Waals surface area contributed by atoms with Gasteiger partial charge in [0.1, 0.15) is 23.4 Å². The van der Waals surface area contributed by atoms with E-state index in [0.29, 0.717) is 35.1 Å². The molecule has 0 radical (unpaired) electrons. The van der Waals surface area contributed by atoms with Crippen molar-refractivity contribution in [2.24, 2.45) is 0 Å². The van der Waals surface area contributed by atoms with E-state index in [4.69, 9.17) is 4.74 Å². The third-order valence-electron chi connectivity index (χ3n) is 6.03. The molecule has 1 aliphatic rings. The quantitative estimate of drug-likeness (QED) is 0.460. The van der Waals surface area contributed by atoms with Crippen LogP contribution in [0.3, 0.4) is 0 Å². The summed E-state index contributed by atoms with van der Waals surface area (Å²) in [7, 11) is 3.30. The van der Waals surface area contributed by atoms with Gasteiger partial charge < -0.3 is 15.0 Å². The summed E-state index contributed by atoms with van der Waals surface area (Å²) in [6.45, 7) is 2.53. The van der Waals surface area contributed by atoms with E-state index in [-0.39, 0.29) is 23.9 Å². The Morgan fingerprint density at radius 1 is 1.32 bits per heavy atom. The van der Waals surface area contributed by atoms with Gasteiger partial charge in [0.25, 0.3) is 0 Å². The van der Waals surface area contributed by atoms with Crippen LogP contribution in [0.1, 0.15) is 13.3 Å². The molecule has 1 saturated heterocycles. The lowest BCUT2D eigenvalue weighted by Crippen LogP contribution is -2.46. The van der Waals surface area contributed by atoms with Crippen molar-refractivity contribution in [3.8, 4) is 17.0 Å². The van der Waals surface area contributed by atoms with Crippen LogP contribution in [0.4, 0.5) is 19.1 Å². The van der Waals surface area contributed by atoms with Gasteiger partial charge in [-0.15, -0.1) is 10.2 Å². The van der Waals surface area contributed by atoms with E-state index in [1.54, 1.807) is 18.2 Å². The molecule has 5 rings (SSSR count). The zero-order valence-electron chi connectivity index (χ0n) is 19.0. The molecule has 34 heavy (non-hydrogen) atoms. The molecule has 12 heteroatoms. The molecule has 3 aromatic heterocycles. The van der Waals surface area contributed by atoms with E-state index in [9.17, 15) is 8.78 Å². The topological polar surface area (TPSA) is 85.4 Å². The molecule has 180 valence electrons. The highest BCUT2D eigenvalue weighted by Gasteiger charge is 2.29. The number of methoxy groups -OCH3 is 1. The van der Waals surface area contributed by atoms with Crippen molar-refractivity contribution in [1.82, 2.24) is 34.5 Å². The van der Waals surface area contributed by atoms with Gasteiger partial charge >= 0.3 is 0 Å². The van der Waals surface area contributed by atoms with Gasteiger partial charge in [-0.2, -0.15) is 4.98 Å². The number of hydrogen-bond donors (Lipinski definition) is 1. The summed E-state index contributed by atoms with van der Waals surface area (Å²) < 4.78 is 51.5. The number of likely N-dealkylation sites (tertiary alicyclic amines) is 1. The first-order valence-corrected chi connectivity index (χ1v) is 11.0. The van der Waals surface area contributed by atoms with Crippen molar-refractivity contribution in [2.75, 3.05) is 32.6 Å². The van der Waals surface area contributed by atoms with E-state index in [1.165, 1.54) is 29.4 Å². The van der Waals surface area contributed by atoms with Crippen LogP contribution in [0, 0.1) is 5.82 Å². The van der Waals surface area contributed by atoms with E-state index in [0.717, 1.165) is 6.54 Å². The fourth-order valence-corrected chi connectivity index (χ4v) is 4.38. The van der Waals surface area contributed by atoms with Crippen LogP contribution in [0.5, 0.6) is 5.88 Å². The van der Waals surface area contributed by atoms with E-state index >= 15 is 4.39 Å². The molecule has 0 unspecified atom stereocenters. The predicted octanol–water partition coefficient (Wildman–Crippen LogP) is 3.10. The van der Waals surface area contributed by atoms with Gasteiger partial charge in [-0.1, -0.05) is 11.3 Å². The number of anilines is 1. The number of nitrogens with one attached hydrogen (secondary N) is 1. The van der Waals surface area contributed by atoms with E-state index < -0.39 is 24.2 Å². The third-order valence-corrected chi connectivity index (χ3v) is 6.03. The predicted molar refractivity (Wildman–Crippen MR) is 121 cm³/mol. The summed E-state index contributed by atoms with van der Waals surface area (Å²) in [5, 5.41) is 15.4. The average Bonchev–Trinajstić information content (AvgIpc) is 3.34. The van der Waals surface area contributed by atoms with Crippen molar-refractivity contribution in [3.63, 3.8) is 0 Å². The van der Waals surface area contributed by atoms with Crippen LogP contribution in [0.15, 0.2) is 24.4 Å². The molecule has 3 atom stereocenters. The molecule has 0 bridgehead atoms. The molecule has 4 heterocycles. The molecule has 0 aliphatic carbocycles.